The highest BCUT2D eigenvalue weighted by Crippen LogP contribution is 2.36. The summed E-state index contributed by atoms with van der Waals surface area (Å²) in [6.45, 7) is 0.608. The highest BCUT2D eigenvalue weighted by Gasteiger charge is 2.20. The first kappa shape index (κ1) is 18.5. The molecule has 6 heteroatoms. The van der Waals surface area contributed by atoms with Crippen molar-refractivity contribution >= 4 is 34.3 Å². The Hall–Kier alpha value is -2.89. The average Bonchev–Trinajstić information content (AvgIpc) is 3.25. The Labute approximate surface area is 173 Å². The fourth-order valence-electron chi connectivity index (χ4n) is 3.10. The van der Waals surface area contributed by atoms with E-state index in [1.165, 1.54) is 0 Å². The summed E-state index contributed by atoms with van der Waals surface area (Å²) in [6.07, 6.45) is 3.62. The van der Waals surface area contributed by atoms with E-state index in [2.05, 4.69) is 27.4 Å². The van der Waals surface area contributed by atoms with Gasteiger partial charge in [0.25, 0.3) is 0 Å². The number of thiazole rings is 1. The van der Waals surface area contributed by atoms with Crippen molar-refractivity contribution in [2.45, 2.75) is 12.5 Å². The molecule has 140 valence electrons. The average molecular weight is 407 g/mol. The summed E-state index contributed by atoms with van der Waals surface area (Å²) in [5, 5.41) is 7.15. The number of rotatable bonds is 6. The molecule has 0 saturated heterocycles. The van der Waals surface area contributed by atoms with Crippen molar-refractivity contribution in [1.29, 1.82) is 0 Å². The standard InChI is InChI=1S/C22H19ClN4S/c23-17-7-4-15(5-8-17)21(22-26-11-12-28-22)16-6-9-19(24)20(13-16)27-14-18-3-1-2-10-25-18/h1-13,21,27H,14,24H2. The van der Waals surface area contributed by atoms with E-state index < -0.39 is 0 Å². The van der Waals surface area contributed by atoms with Gasteiger partial charge in [-0.05, 0) is 47.5 Å². The molecule has 3 N–H and O–H groups in total. The number of nitrogens with zero attached hydrogens (tertiary/aromatic N) is 2. The van der Waals surface area contributed by atoms with Gasteiger partial charge in [-0.3, -0.25) is 4.98 Å². The van der Waals surface area contributed by atoms with Crippen LogP contribution in [0.5, 0.6) is 0 Å². The Bertz CT molecular complexity index is 1030. The van der Waals surface area contributed by atoms with Crippen molar-refractivity contribution in [1.82, 2.24) is 9.97 Å². The van der Waals surface area contributed by atoms with Crippen LogP contribution < -0.4 is 11.1 Å². The van der Waals surface area contributed by atoms with Gasteiger partial charge in [-0.15, -0.1) is 11.3 Å². The van der Waals surface area contributed by atoms with E-state index >= 15 is 0 Å². The molecule has 4 aromatic rings. The second kappa shape index (κ2) is 8.42. The molecule has 0 spiro atoms. The molecule has 0 radical (unpaired) electrons. The Morgan fingerprint density at radius 1 is 0.964 bits per heavy atom. The molecule has 1 atom stereocenters. The Balaban J connectivity index is 1.68. The first-order valence-electron chi connectivity index (χ1n) is 8.89. The van der Waals surface area contributed by atoms with Gasteiger partial charge in [0, 0.05) is 22.8 Å². The van der Waals surface area contributed by atoms with Gasteiger partial charge in [0.1, 0.15) is 5.01 Å². The van der Waals surface area contributed by atoms with E-state index in [0.29, 0.717) is 12.2 Å². The third-order valence-electron chi connectivity index (χ3n) is 4.50. The number of hydrogen-bond donors (Lipinski definition) is 2. The number of halogens is 1. The number of aromatic nitrogens is 2. The van der Waals surface area contributed by atoms with E-state index in [-0.39, 0.29) is 5.92 Å². The van der Waals surface area contributed by atoms with Crippen molar-refractivity contribution in [2.24, 2.45) is 0 Å². The SMILES string of the molecule is Nc1ccc(C(c2ccc(Cl)cc2)c2nccs2)cc1NCc1ccccn1. The van der Waals surface area contributed by atoms with Crippen molar-refractivity contribution in [3.63, 3.8) is 0 Å². The highest BCUT2D eigenvalue weighted by molar-refractivity contribution is 7.09. The Morgan fingerprint density at radius 3 is 2.50 bits per heavy atom. The minimum atomic E-state index is 0.0215. The number of hydrogen-bond acceptors (Lipinski definition) is 5. The van der Waals surface area contributed by atoms with E-state index in [9.17, 15) is 0 Å². The van der Waals surface area contributed by atoms with Crippen LogP contribution in [0.2, 0.25) is 5.02 Å². The molecule has 28 heavy (non-hydrogen) atoms. The molecule has 0 bridgehead atoms. The number of nitrogen functional groups attached to an aromatic ring is 1. The summed E-state index contributed by atoms with van der Waals surface area (Å²) in [4.78, 5) is 8.91. The van der Waals surface area contributed by atoms with Crippen LogP contribution in [0.15, 0.2) is 78.4 Å². The van der Waals surface area contributed by atoms with E-state index in [0.717, 1.165) is 32.5 Å². The number of nitrogens with two attached hydrogens (primary N) is 1. The monoisotopic (exact) mass is 406 g/mol. The summed E-state index contributed by atoms with van der Waals surface area (Å²) in [5.74, 6) is 0.0215. The van der Waals surface area contributed by atoms with Gasteiger partial charge >= 0.3 is 0 Å². The molecule has 0 fully saturated rings. The first-order valence-corrected chi connectivity index (χ1v) is 10.1. The predicted octanol–water partition coefficient (Wildman–Crippen LogP) is 5.57. The molecule has 1 unspecified atom stereocenters. The molecule has 4 nitrogen and oxygen atoms in total. The molecule has 0 amide bonds. The lowest BCUT2D eigenvalue weighted by Crippen LogP contribution is -2.07. The third kappa shape index (κ3) is 4.16. The normalized spacial score (nSPS) is 11.9. The molecule has 4 rings (SSSR count). The fourth-order valence-corrected chi connectivity index (χ4v) is 4.02. The Morgan fingerprint density at radius 2 is 1.79 bits per heavy atom. The molecule has 0 aliphatic carbocycles. The second-order valence-corrected chi connectivity index (χ2v) is 7.74. The molecule has 0 aliphatic heterocycles. The number of nitrogens with one attached hydrogen (secondary N) is 1. The summed E-state index contributed by atoms with van der Waals surface area (Å²) in [5.41, 5.74) is 11.0. The minimum absolute atomic E-state index is 0.0215. The minimum Gasteiger partial charge on any atom is -0.397 e. The van der Waals surface area contributed by atoms with Gasteiger partial charge in [0.05, 0.1) is 29.5 Å². The van der Waals surface area contributed by atoms with Gasteiger partial charge in [-0.2, -0.15) is 0 Å². The lowest BCUT2D eigenvalue weighted by molar-refractivity contribution is 0.954. The smallest absolute Gasteiger partial charge is 0.104 e. The number of pyridine rings is 1. The van der Waals surface area contributed by atoms with Crippen LogP contribution in [0.4, 0.5) is 11.4 Å². The van der Waals surface area contributed by atoms with Crippen LogP contribution in [0, 0.1) is 0 Å². The molecule has 0 aliphatic rings. The zero-order chi connectivity index (χ0) is 19.3. The van der Waals surface area contributed by atoms with Crippen molar-refractivity contribution in [3.8, 4) is 0 Å². The van der Waals surface area contributed by atoms with E-state index in [4.69, 9.17) is 17.3 Å². The van der Waals surface area contributed by atoms with Gasteiger partial charge in [0.2, 0.25) is 0 Å². The van der Waals surface area contributed by atoms with Crippen molar-refractivity contribution < 1.29 is 0 Å². The van der Waals surface area contributed by atoms with Crippen LogP contribution >= 0.6 is 22.9 Å². The summed E-state index contributed by atoms with van der Waals surface area (Å²) in [7, 11) is 0. The number of anilines is 2. The van der Waals surface area contributed by atoms with Crippen LogP contribution in [-0.4, -0.2) is 9.97 Å². The number of benzene rings is 2. The van der Waals surface area contributed by atoms with Gasteiger partial charge < -0.3 is 11.1 Å². The second-order valence-electron chi connectivity index (χ2n) is 6.38. The molecule has 2 aromatic heterocycles. The molecule has 2 heterocycles. The first-order chi connectivity index (χ1) is 13.7. The maximum Gasteiger partial charge on any atom is 0.104 e. The summed E-state index contributed by atoms with van der Waals surface area (Å²) in [6, 6.07) is 19.9. The maximum absolute atomic E-state index is 6.22. The van der Waals surface area contributed by atoms with Crippen molar-refractivity contribution in [2.75, 3.05) is 11.1 Å². The molecular weight excluding hydrogens is 388 g/mol. The quantitative estimate of drug-likeness (QED) is 0.411. The zero-order valence-corrected chi connectivity index (χ0v) is 16.6. The largest absolute Gasteiger partial charge is 0.397 e. The zero-order valence-electron chi connectivity index (χ0n) is 15.0. The van der Waals surface area contributed by atoms with Crippen LogP contribution in [0.25, 0.3) is 0 Å². The van der Waals surface area contributed by atoms with Crippen LogP contribution in [-0.2, 0) is 6.54 Å². The van der Waals surface area contributed by atoms with E-state index in [1.54, 1.807) is 17.5 Å². The molecule has 2 aromatic carbocycles. The van der Waals surface area contributed by atoms with E-state index in [1.807, 2.05) is 60.1 Å². The van der Waals surface area contributed by atoms with Gasteiger partial charge in [0.15, 0.2) is 0 Å². The Kier molecular flexibility index (Phi) is 5.55. The fraction of sp³-hybridized carbons (Fsp3) is 0.0909. The molecular formula is C22H19ClN4S. The third-order valence-corrected chi connectivity index (χ3v) is 5.59. The highest BCUT2D eigenvalue weighted by atomic mass is 35.5. The van der Waals surface area contributed by atoms with Crippen LogP contribution in [0.1, 0.15) is 27.7 Å². The lowest BCUT2D eigenvalue weighted by Gasteiger charge is -2.18. The summed E-state index contributed by atoms with van der Waals surface area (Å²) < 4.78 is 0. The van der Waals surface area contributed by atoms with Crippen LogP contribution in [0.3, 0.4) is 0 Å². The van der Waals surface area contributed by atoms with Gasteiger partial charge in [-0.1, -0.05) is 35.9 Å². The van der Waals surface area contributed by atoms with Gasteiger partial charge in [-0.25, -0.2) is 4.98 Å². The summed E-state index contributed by atoms with van der Waals surface area (Å²) >= 11 is 7.73. The molecule has 0 saturated carbocycles. The van der Waals surface area contributed by atoms with Crippen molar-refractivity contribution in [3.05, 3.63) is 105 Å². The lowest BCUT2D eigenvalue weighted by atomic mass is 9.91. The maximum atomic E-state index is 6.22. The topological polar surface area (TPSA) is 63.8 Å². The predicted molar refractivity (Wildman–Crippen MR) is 117 cm³/mol.